The van der Waals surface area contributed by atoms with E-state index in [4.69, 9.17) is 15.3 Å². The van der Waals surface area contributed by atoms with Gasteiger partial charge in [-0.15, -0.1) is 0 Å². The average Bonchev–Trinajstić information content (AvgIpc) is 2.89. The Morgan fingerprint density at radius 1 is 0.375 bits per heavy atom. The highest BCUT2D eigenvalue weighted by Gasteiger charge is 2.27. The molecule has 7 nitrogen and oxygen atoms in total. The molecule has 0 unspecified atom stereocenters. The topological polar surface area (TPSA) is 112 Å². The zero-order valence-corrected chi connectivity index (χ0v) is 26.0. The molecule has 0 saturated carbocycles. The highest BCUT2D eigenvalue weighted by Crippen LogP contribution is 2.19. The van der Waals surface area contributed by atoms with Gasteiger partial charge in [0, 0.05) is 19.3 Å². The summed E-state index contributed by atoms with van der Waals surface area (Å²) < 4.78 is 0.646. The molecule has 0 fully saturated rings. The molecule has 0 radical (unpaired) electrons. The second-order valence-corrected chi connectivity index (χ2v) is 12.1. The van der Waals surface area contributed by atoms with Gasteiger partial charge in [0.15, 0.2) is 0 Å². The minimum atomic E-state index is -0.822. The van der Waals surface area contributed by atoms with E-state index in [1.165, 1.54) is 109 Å². The Balaban J connectivity index is 4.07. The first kappa shape index (κ1) is 38.4. The van der Waals surface area contributed by atoms with Gasteiger partial charge in [0.1, 0.15) is 0 Å². The maximum Gasteiger partial charge on any atom is 0.303 e. The Morgan fingerprint density at radius 2 is 0.600 bits per heavy atom. The van der Waals surface area contributed by atoms with Crippen LogP contribution in [-0.2, 0) is 14.4 Å². The lowest BCUT2D eigenvalue weighted by atomic mass is 10.0. The Labute approximate surface area is 245 Å². The van der Waals surface area contributed by atoms with Crippen molar-refractivity contribution in [2.75, 3.05) is 26.2 Å². The molecule has 0 amide bonds. The lowest BCUT2D eigenvalue weighted by Gasteiger charge is -2.39. The maximum absolute atomic E-state index is 11.1. The van der Waals surface area contributed by atoms with E-state index >= 15 is 0 Å². The molecule has 0 spiro atoms. The van der Waals surface area contributed by atoms with Crippen molar-refractivity contribution in [3.63, 3.8) is 0 Å². The maximum atomic E-state index is 11.1. The normalized spacial score (nSPS) is 11.6. The van der Waals surface area contributed by atoms with Crippen molar-refractivity contribution >= 4 is 17.9 Å². The molecule has 0 aliphatic heterocycles. The number of hydrogen-bond acceptors (Lipinski definition) is 3. The molecule has 0 heterocycles. The monoisotopic (exact) mass is 570 g/mol. The van der Waals surface area contributed by atoms with Crippen molar-refractivity contribution in [2.45, 2.75) is 167 Å². The van der Waals surface area contributed by atoms with Crippen molar-refractivity contribution in [1.29, 1.82) is 0 Å². The molecule has 236 valence electrons. The van der Waals surface area contributed by atoms with E-state index in [2.05, 4.69) is 6.92 Å². The van der Waals surface area contributed by atoms with Gasteiger partial charge in [-0.3, -0.25) is 14.4 Å². The fraction of sp³-hybridized carbons (Fsp3) is 0.909. The average molecular weight is 571 g/mol. The Kier molecular flexibility index (Phi) is 26.4. The lowest BCUT2D eigenvalue weighted by Crippen LogP contribution is -2.51. The third kappa shape index (κ3) is 26.6. The summed E-state index contributed by atoms with van der Waals surface area (Å²) in [6.07, 6.45) is 27.2. The van der Waals surface area contributed by atoms with Gasteiger partial charge in [-0.05, 0) is 12.8 Å². The largest absolute Gasteiger partial charge is 0.481 e. The van der Waals surface area contributed by atoms with Gasteiger partial charge in [0.2, 0.25) is 0 Å². The number of carboxylic acids is 3. The van der Waals surface area contributed by atoms with Gasteiger partial charge in [-0.2, -0.15) is 0 Å². The van der Waals surface area contributed by atoms with Crippen LogP contribution in [0.5, 0.6) is 0 Å². The second-order valence-electron chi connectivity index (χ2n) is 12.1. The predicted octanol–water partition coefficient (Wildman–Crippen LogP) is 8.83. The van der Waals surface area contributed by atoms with Crippen LogP contribution in [0, 0.1) is 0 Å². The predicted molar refractivity (Wildman–Crippen MR) is 164 cm³/mol. The van der Waals surface area contributed by atoms with Gasteiger partial charge < -0.3 is 19.8 Å². The number of hydrogen-bond donors (Lipinski definition) is 3. The molecular formula is C33H64NO6+. The number of carboxylic acid groups (broad SMARTS) is 3. The molecule has 0 aromatic rings. The van der Waals surface area contributed by atoms with Crippen LogP contribution in [0.2, 0.25) is 0 Å². The first-order chi connectivity index (χ1) is 19.3. The molecule has 7 heteroatoms. The smallest absolute Gasteiger partial charge is 0.303 e. The van der Waals surface area contributed by atoms with Crippen molar-refractivity contribution < 1.29 is 34.2 Å². The van der Waals surface area contributed by atoms with Crippen molar-refractivity contribution in [2.24, 2.45) is 0 Å². The van der Waals surface area contributed by atoms with Crippen LogP contribution in [0.25, 0.3) is 0 Å². The fourth-order valence-electron chi connectivity index (χ4n) is 5.89. The second kappa shape index (κ2) is 27.5. The number of rotatable bonds is 32. The molecule has 0 aromatic heterocycles. The van der Waals surface area contributed by atoms with E-state index in [1.807, 2.05) is 0 Å². The lowest BCUT2D eigenvalue weighted by molar-refractivity contribution is -0.929. The summed E-state index contributed by atoms with van der Waals surface area (Å²) in [6, 6.07) is 0. The van der Waals surface area contributed by atoms with Crippen LogP contribution in [0.15, 0.2) is 0 Å². The van der Waals surface area contributed by atoms with Crippen LogP contribution >= 0.6 is 0 Å². The molecule has 0 aliphatic rings. The van der Waals surface area contributed by atoms with E-state index < -0.39 is 17.9 Å². The number of carbonyl (C=O) groups is 3. The molecule has 3 N–H and O–H groups in total. The van der Waals surface area contributed by atoms with Crippen molar-refractivity contribution in [1.82, 2.24) is 0 Å². The van der Waals surface area contributed by atoms with Gasteiger partial charge in [-0.25, -0.2) is 0 Å². The van der Waals surface area contributed by atoms with Gasteiger partial charge >= 0.3 is 17.9 Å². The zero-order valence-electron chi connectivity index (χ0n) is 26.0. The van der Waals surface area contributed by atoms with E-state index in [0.717, 1.165) is 19.4 Å². The third-order valence-corrected chi connectivity index (χ3v) is 8.31. The zero-order chi connectivity index (χ0) is 29.7. The number of quaternary nitrogens is 1. The molecule has 0 atom stereocenters. The standard InChI is InChI=1S/C33H63NO6/c1-2-3-4-5-6-7-8-9-10-11-12-13-14-15-16-17-18-19-20-27-34(28-21-24-31(35)36,29-22-25-32(37)38)30-23-26-33(39)40/h2-30H2,1H3,(H2-,35,36,37,38,39,40)/p+1. The van der Waals surface area contributed by atoms with Gasteiger partial charge in [0.05, 0.1) is 45.4 Å². The van der Waals surface area contributed by atoms with E-state index in [-0.39, 0.29) is 19.3 Å². The van der Waals surface area contributed by atoms with Gasteiger partial charge in [0.25, 0.3) is 0 Å². The van der Waals surface area contributed by atoms with Crippen molar-refractivity contribution in [3.8, 4) is 0 Å². The molecule has 0 aromatic carbocycles. The minimum Gasteiger partial charge on any atom is -0.481 e. The summed E-state index contributed by atoms with van der Waals surface area (Å²) in [6.45, 7) is 5.16. The first-order valence-electron chi connectivity index (χ1n) is 16.8. The summed E-state index contributed by atoms with van der Waals surface area (Å²) in [5.74, 6) is -2.46. The van der Waals surface area contributed by atoms with Crippen molar-refractivity contribution in [3.05, 3.63) is 0 Å². The Morgan fingerprint density at radius 3 is 0.850 bits per heavy atom. The molecule has 40 heavy (non-hydrogen) atoms. The summed E-state index contributed by atoms with van der Waals surface area (Å²) >= 11 is 0. The van der Waals surface area contributed by atoms with E-state index in [9.17, 15) is 14.4 Å². The minimum absolute atomic E-state index is 0.0943. The van der Waals surface area contributed by atoms with E-state index in [0.29, 0.717) is 43.4 Å². The first-order valence-corrected chi connectivity index (χ1v) is 16.8. The quantitative estimate of drug-likeness (QED) is 0.0550. The van der Waals surface area contributed by atoms with Crippen LogP contribution in [0.4, 0.5) is 0 Å². The molecular weight excluding hydrogens is 506 g/mol. The Hall–Kier alpha value is -1.63. The third-order valence-electron chi connectivity index (χ3n) is 8.31. The number of aliphatic carboxylic acids is 3. The summed E-state index contributed by atoms with van der Waals surface area (Å²) in [5.41, 5.74) is 0. The molecule has 0 saturated heterocycles. The molecule has 0 bridgehead atoms. The van der Waals surface area contributed by atoms with Crippen LogP contribution in [0.1, 0.15) is 167 Å². The summed E-state index contributed by atoms with van der Waals surface area (Å²) in [5, 5.41) is 27.3. The SMILES string of the molecule is CCCCCCCCCCCCCCCCCCCCC[N+](CCCC(=O)O)(CCCC(=O)O)CCCC(=O)O. The highest BCUT2D eigenvalue weighted by atomic mass is 16.4. The fourth-order valence-corrected chi connectivity index (χ4v) is 5.89. The van der Waals surface area contributed by atoms with Crippen LogP contribution in [-0.4, -0.2) is 63.9 Å². The van der Waals surface area contributed by atoms with Crippen LogP contribution in [0.3, 0.4) is 0 Å². The van der Waals surface area contributed by atoms with E-state index in [1.54, 1.807) is 0 Å². The molecule has 0 aliphatic carbocycles. The number of nitrogens with zero attached hydrogens (tertiary/aromatic N) is 1. The Bertz CT molecular complexity index is 574. The summed E-state index contributed by atoms with van der Waals surface area (Å²) in [7, 11) is 0. The summed E-state index contributed by atoms with van der Waals surface area (Å²) in [4.78, 5) is 33.2. The highest BCUT2D eigenvalue weighted by molar-refractivity contribution is 5.67. The van der Waals surface area contributed by atoms with Crippen LogP contribution < -0.4 is 0 Å². The molecule has 0 rings (SSSR count). The number of unbranched alkanes of at least 4 members (excludes halogenated alkanes) is 18. The van der Waals surface area contributed by atoms with Gasteiger partial charge in [-0.1, -0.05) is 116 Å².